The standard InChI is InChI=1S/C11H16N4O2/c1-5-17-11(16)9-6-12-7-13-10(9)14-8(2)15(3)4/h6-7H,5H2,1-4H3. The van der Waals surface area contributed by atoms with Crippen molar-refractivity contribution in [2.75, 3.05) is 20.7 Å². The van der Waals surface area contributed by atoms with Gasteiger partial charge in [0.15, 0.2) is 5.82 Å². The van der Waals surface area contributed by atoms with Crippen LogP contribution in [0.5, 0.6) is 0 Å². The molecule has 92 valence electrons. The molecule has 0 atom stereocenters. The second kappa shape index (κ2) is 5.93. The number of aromatic nitrogens is 2. The first-order valence-electron chi connectivity index (χ1n) is 5.26. The molecular formula is C11H16N4O2. The Labute approximate surface area is 100 Å². The Bertz CT molecular complexity index is 429. The number of esters is 1. The van der Waals surface area contributed by atoms with Crippen LogP contribution in [-0.2, 0) is 4.74 Å². The summed E-state index contributed by atoms with van der Waals surface area (Å²) in [5, 5.41) is 0. The molecule has 0 spiro atoms. The normalized spacial score (nSPS) is 11.2. The van der Waals surface area contributed by atoms with Crippen LogP contribution in [0.1, 0.15) is 24.2 Å². The van der Waals surface area contributed by atoms with Crippen LogP contribution in [0.2, 0.25) is 0 Å². The highest BCUT2D eigenvalue weighted by Gasteiger charge is 2.13. The third-order valence-electron chi connectivity index (χ3n) is 2.10. The molecule has 6 heteroatoms. The van der Waals surface area contributed by atoms with Crippen molar-refractivity contribution in [3.05, 3.63) is 18.1 Å². The molecule has 0 aliphatic carbocycles. The van der Waals surface area contributed by atoms with Gasteiger partial charge in [0, 0.05) is 20.3 Å². The zero-order valence-electron chi connectivity index (χ0n) is 10.5. The van der Waals surface area contributed by atoms with E-state index in [2.05, 4.69) is 15.0 Å². The average Bonchev–Trinajstić information content (AvgIpc) is 2.29. The first kappa shape index (κ1) is 13.1. The lowest BCUT2D eigenvalue weighted by Gasteiger charge is -2.11. The van der Waals surface area contributed by atoms with Crippen molar-refractivity contribution in [2.24, 2.45) is 4.99 Å². The summed E-state index contributed by atoms with van der Waals surface area (Å²) in [7, 11) is 3.73. The fourth-order valence-corrected chi connectivity index (χ4v) is 1.02. The van der Waals surface area contributed by atoms with E-state index >= 15 is 0 Å². The molecule has 0 N–H and O–H groups in total. The number of rotatable bonds is 3. The van der Waals surface area contributed by atoms with Gasteiger partial charge in [-0.05, 0) is 13.8 Å². The van der Waals surface area contributed by atoms with Gasteiger partial charge in [0.1, 0.15) is 17.7 Å². The largest absolute Gasteiger partial charge is 0.462 e. The lowest BCUT2D eigenvalue weighted by molar-refractivity contribution is 0.0526. The number of aliphatic imine (C=N–C) groups is 1. The van der Waals surface area contributed by atoms with Gasteiger partial charge in [-0.1, -0.05) is 0 Å². The van der Waals surface area contributed by atoms with E-state index in [1.165, 1.54) is 12.5 Å². The quantitative estimate of drug-likeness (QED) is 0.449. The predicted octanol–water partition coefficient (Wildman–Crippen LogP) is 1.26. The lowest BCUT2D eigenvalue weighted by Crippen LogP contribution is -2.18. The minimum atomic E-state index is -0.460. The summed E-state index contributed by atoms with van der Waals surface area (Å²) in [6.07, 6.45) is 2.76. The first-order chi connectivity index (χ1) is 8.06. The molecule has 0 aliphatic heterocycles. The maximum atomic E-state index is 11.6. The summed E-state index contributed by atoms with van der Waals surface area (Å²) in [6.45, 7) is 3.89. The number of amidine groups is 1. The van der Waals surface area contributed by atoms with E-state index in [0.29, 0.717) is 12.4 Å². The molecule has 0 fully saturated rings. The fraction of sp³-hybridized carbons (Fsp3) is 0.455. The Morgan fingerprint density at radius 2 is 2.24 bits per heavy atom. The van der Waals surface area contributed by atoms with Gasteiger partial charge >= 0.3 is 5.97 Å². The van der Waals surface area contributed by atoms with Gasteiger partial charge in [-0.3, -0.25) is 0 Å². The molecule has 17 heavy (non-hydrogen) atoms. The van der Waals surface area contributed by atoms with E-state index in [1.807, 2.05) is 25.9 Å². The monoisotopic (exact) mass is 236 g/mol. The van der Waals surface area contributed by atoms with Crippen molar-refractivity contribution >= 4 is 17.6 Å². The van der Waals surface area contributed by atoms with Gasteiger partial charge in [0.05, 0.1) is 6.61 Å². The summed E-state index contributed by atoms with van der Waals surface area (Å²) in [5.74, 6) is 0.609. The minimum Gasteiger partial charge on any atom is -0.462 e. The number of hydrogen-bond acceptors (Lipinski definition) is 5. The predicted molar refractivity (Wildman–Crippen MR) is 64.4 cm³/mol. The zero-order chi connectivity index (χ0) is 12.8. The molecule has 1 aromatic rings. The Morgan fingerprint density at radius 3 is 2.82 bits per heavy atom. The highest BCUT2D eigenvalue weighted by Crippen LogP contribution is 2.15. The molecule has 0 amide bonds. The van der Waals surface area contributed by atoms with E-state index in [1.54, 1.807) is 6.92 Å². The Morgan fingerprint density at radius 1 is 1.53 bits per heavy atom. The van der Waals surface area contributed by atoms with Crippen LogP contribution < -0.4 is 0 Å². The van der Waals surface area contributed by atoms with Crippen LogP contribution in [0.15, 0.2) is 17.5 Å². The van der Waals surface area contributed by atoms with Crippen molar-refractivity contribution in [1.29, 1.82) is 0 Å². The Hall–Kier alpha value is -1.98. The highest BCUT2D eigenvalue weighted by atomic mass is 16.5. The van der Waals surface area contributed by atoms with Crippen molar-refractivity contribution < 1.29 is 9.53 Å². The lowest BCUT2D eigenvalue weighted by atomic mass is 10.3. The molecule has 0 saturated carbocycles. The molecule has 6 nitrogen and oxygen atoms in total. The second-order valence-corrected chi connectivity index (χ2v) is 3.53. The maximum absolute atomic E-state index is 11.6. The van der Waals surface area contributed by atoms with E-state index in [-0.39, 0.29) is 5.56 Å². The van der Waals surface area contributed by atoms with Crippen LogP contribution in [0.25, 0.3) is 0 Å². The number of carbonyl (C=O) groups excluding carboxylic acids is 1. The number of ether oxygens (including phenoxy) is 1. The molecule has 0 unspecified atom stereocenters. The van der Waals surface area contributed by atoms with Gasteiger partial charge < -0.3 is 9.64 Å². The van der Waals surface area contributed by atoms with Crippen LogP contribution in [-0.4, -0.2) is 47.4 Å². The first-order valence-corrected chi connectivity index (χ1v) is 5.26. The molecule has 1 heterocycles. The summed E-state index contributed by atoms with van der Waals surface area (Å²) in [4.78, 5) is 25.5. The zero-order valence-corrected chi connectivity index (χ0v) is 10.5. The molecule has 1 aromatic heterocycles. The second-order valence-electron chi connectivity index (χ2n) is 3.53. The number of nitrogens with zero attached hydrogens (tertiary/aromatic N) is 4. The van der Waals surface area contributed by atoms with Crippen molar-refractivity contribution in [2.45, 2.75) is 13.8 Å². The molecule has 0 bridgehead atoms. The third kappa shape index (κ3) is 3.51. The summed E-state index contributed by atoms with van der Waals surface area (Å²) >= 11 is 0. The van der Waals surface area contributed by atoms with Gasteiger partial charge in [-0.15, -0.1) is 0 Å². The fourth-order valence-electron chi connectivity index (χ4n) is 1.02. The molecule has 0 radical (unpaired) electrons. The number of hydrogen-bond donors (Lipinski definition) is 0. The Balaban J connectivity index is 3.08. The van der Waals surface area contributed by atoms with Crippen molar-refractivity contribution in [3.8, 4) is 0 Å². The van der Waals surface area contributed by atoms with Gasteiger partial charge in [-0.25, -0.2) is 19.8 Å². The van der Waals surface area contributed by atoms with Crippen LogP contribution >= 0.6 is 0 Å². The topological polar surface area (TPSA) is 67.7 Å². The van der Waals surface area contributed by atoms with E-state index < -0.39 is 5.97 Å². The molecule has 0 aliphatic rings. The summed E-state index contributed by atoms with van der Waals surface area (Å²) < 4.78 is 4.91. The SMILES string of the molecule is CCOC(=O)c1cncnc1N=C(C)N(C)C. The van der Waals surface area contributed by atoms with E-state index in [4.69, 9.17) is 4.74 Å². The van der Waals surface area contributed by atoms with Crippen LogP contribution in [0.4, 0.5) is 5.82 Å². The molecule has 0 saturated heterocycles. The molecule has 0 aromatic carbocycles. The van der Waals surface area contributed by atoms with Crippen LogP contribution in [0, 0.1) is 0 Å². The highest BCUT2D eigenvalue weighted by molar-refractivity contribution is 5.95. The minimum absolute atomic E-state index is 0.274. The van der Waals surface area contributed by atoms with E-state index in [0.717, 1.165) is 5.84 Å². The third-order valence-corrected chi connectivity index (χ3v) is 2.10. The average molecular weight is 236 g/mol. The van der Waals surface area contributed by atoms with Gasteiger partial charge in [0.2, 0.25) is 0 Å². The molecular weight excluding hydrogens is 220 g/mol. The van der Waals surface area contributed by atoms with Crippen LogP contribution in [0.3, 0.4) is 0 Å². The molecule has 1 rings (SSSR count). The Kier molecular flexibility index (Phi) is 4.56. The van der Waals surface area contributed by atoms with Gasteiger partial charge in [-0.2, -0.15) is 0 Å². The smallest absolute Gasteiger partial charge is 0.343 e. The summed E-state index contributed by atoms with van der Waals surface area (Å²) in [6, 6.07) is 0. The van der Waals surface area contributed by atoms with E-state index in [9.17, 15) is 4.79 Å². The maximum Gasteiger partial charge on any atom is 0.343 e. The number of carbonyl (C=O) groups is 1. The van der Waals surface area contributed by atoms with Crippen molar-refractivity contribution in [1.82, 2.24) is 14.9 Å². The summed E-state index contributed by atoms with van der Waals surface area (Å²) in [5.41, 5.74) is 0.274. The van der Waals surface area contributed by atoms with Gasteiger partial charge in [0.25, 0.3) is 0 Å². The van der Waals surface area contributed by atoms with Crippen molar-refractivity contribution in [3.63, 3.8) is 0 Å².